The highest BCUT2D eigenvalue weighted by atomic mass is 16.6. The van der Waals surface area contributed by atoms with Gasteiger partial charge in [0.1, 0.15) is 12.1 Å². The Bertz CT molecular complexity index is 1570. The zero-order valence-electron chi connectivity index (χ0n) is 46.0. The lowest BCUT2D eigenvalue weighted by Crippen LogP contribution is -2.54. The molecule has 77 heavy (non-hydrogen) atoms. The molecule has 0 rings (SSSR count). The molecular formula is C50H93N9O18. The van der Waals surface area contributed by atoms with Crippen LogP contribution in [0.15, 0.2) is 5.11 Å². The molecule has 0 aromatic heterocycles. The second-order valence-electron chi connectivity index (χ2n) is 17.1. The van der Waals surface area contributed by atoms with Crippen LogP contribution in [0.2, 0.25) is 0 Å². The van der Waals surface area contributed by atoms with Gasteiger partial charge in [0.2, 0.25) is 35.4 Å². The number of carbonyl (C=O) groups excluding carboxylic acids is 6. The Kier molecular flexibility index (Phi) is 52.5. The van der Waals surface area contributed by atoms with Crippen LogP contribution in [0.4, 0.5) is 0 Å². The van der Waals surface area contributed by atoms with Gasteiger partial charge >= 0.3 is 5.97 Å². The highest BCUT2D eigenvalue weighted by Gasteiger charge is 2.26. The van der Waals surface area contributed by atoms with Crippen LogP contribution in [-0.2, 0) is 80.9 Å². The summed E-state index contributed by atoms with van der Waals surface area (Å²) in [6.45, 7) is 11.7. The maximum Gasteiger partial charge on any atom is 0.305 e. The minimum Gasteiger partial charge on any atom is -0.481 e. The largest absolute Gasteiger partial charge is 0.481 e. The number of azide groups is 1. The highest BCUT2D eigenvalue weighted by Crippen LogP contribution is 2.07. The summed E-state index contributed by atoms with van der Waals surface area (Å²) in [7, 11) is 0. The maximum atomic E-state index is 14.0. The summed E-state index contributed by atoms with van der Waals surface area (Å²) in [6, 6.07) is -2.03. The van der Waals surface area contributed by atoms with Crippen molar-refractivity contribution in [1.82, 2.24) is 31.9 Å². The molecule has 27 heteroatoms. The summed E-state index contributed by atoms with van der Waals surface area (Å²) in [4.78, 5) is 91.2. The van der Waals surface area contributed by atoms with Crippen molar-refractivity contribution in [2.24, 2.45) is 5.11 Å². The molecule has 0 saturated heterocycles. The first-order valence-electron chi connectivity index (χ1n) is 27.2. The van der Waals surface area contributed by atoms with E-state index in [1.807, 2.05) is 13.8 Å². The predicted molar refractivity (Wildman–Crippen MR) is 282 cm³/mol. The number of ether oxygens (including phenoxy) is 10. The minimum atomic E-state index is -1.03. The molecule has 0 aliphatic carbocycles. The molecule has 0 aromatic carbocycles. The Morgan fingerprint density at radius 1 is 0.403 bits per heavy atom. The fourth-order valence-electron chi connectivity index (χ4n) is 6.41. The van der Waals surface area contributed by atoms with Gasteiger partial charge < -0.3 is 84.4 Å². The van der Waals surface area contributed by atoms with E-state index < -0.39 is 35.8 Å². The number of hydrogen-bond donors (Lipinski definition) is 7. The van der Waals surface area contributed by atoms with Crippen LogP contribution in [-0.4, -0.2) is 223 Å². The Hall–Kier alpha value is -4.80. The van der Waals surface area contributed by atoms with E-state index in [0.29, 0.717) is 111 Å². The molecule has 0 spiro atoms. The molecule has 0 aliphatic heterocycles. The van der Waals surface area contributed by atoms with Crippen LogP contribution in [0, 0.1) is 0 Å². The third-order valence-electron chi connectivity index (χ3n) is 10.4. The first kappa shape index (κ1) is 72.2. The number of nitrogens with zero attached hydrogens (tertiary/aromatic N) is 3. The average molecular weight is 1110 g/mol. The number of rotatable bonds is 58. The molecule has 0 heterocycles. The van der Waals surface area contributed by atoms with Gasteiger partial charge in [-0.1, -0.05) is 19.0 Å². The lowest BCUT2D eigenvalue weighted by atomic mass is 10.0. The van der Waals surface area contributed by atoms with Crippen LogP contribution >= 0.6 is 0 Å². The minimum absolute atomic E-state index is 0.0102. The third kappa shape index (κ3) is 51.7. The van der Waals surface area contributed by atoms with Crippen LogP contribution in [0.25, 0.3) is 10.4 Å². The van der Waals surface area contributed by atoms with E-state index in [9.17, 15) is 33.6 Å². The molecule has 0 aliphatic rings. The van der Waals surface area contributed by atoms with Crippen LogP contribution in [0.5, 0.6) is 0 Å². The lowest BCUT2D eigenvalue weighted by Gasteiger charge is -2.23. The maximum absolute atomic E-state index is 14.0. The van der Waals surface area contributed by atoms with Crippen molar-refractivity contribution in [1.29, 1.82) is 0 Å². The van der Waals surface area contributed by atoms with Crippen molar-refractivity contribution in [3.63, 3.8) is 0 Å². The predicted octanol–water partition coefficient (Wildman–Crippen LogP) is 1.48. The molecule has 7 N–H and O–H groups in total. The summed E-state index contributed by atoms with van der Waals surface area (Å²) in [6.07, 6.45) is 4.80. The van der Waals surface area contributed by atoms with Crippen molar-refractivity contribution >= 4 is 41.4 Å². The Morgan fingerprint density at radius 2 is 0.779 bits per heavy atom. The average Bonchev–Trinajstić information content (AvgIpc) is 3.41. The normalized spacial score (nSPS) is 11.8. The number of carbonyl (C=O) groups is 7. The molecule has 0 unspecified atom stereocenters. The molecule has 0 saturated carbocycles. The zero-order valence-corrected chi connectivity index (χ0v) is 46.0. The van der Waals surface area contributed by atoms with Crippen molar-refractivity contribution in [2.75, 3.05) is 165 Å². The van der Waals surface area contributed by atoms with Crippen molar-refractivity contribution in [3.05, 3.63) is 10.4 Å². The fourth-order valence-corrected chi connectivity index (χ4v) is 6.41. The Balaban J connectivity index is 5.41. The van der Waals surface area contributed by atoms with Gasteiger partial charge in [0, 0.05) is 76.5 Å². The van der Waals surface area contributed by atoms with Gasteiger partial charge in [0.05, 0.1) is 125 Å². The second-order valence-corrected chi connectivity index (χ2v) is 17.1. The van der Waals surface area contributed by atoms with E-state index in [2.05, 4.69) is 41.9 Å². The van der Waals surface area contributed by atoms with E-state index in [4.69, 9.17) is 58.0 Å². The molecular weight excluding hydrogens is 1010 g/mol. The summed E-state index contributed by atoms with van der Waals surface area (Å²) in [5.41, 5.74) is 8.31. The van der Waals surface area contributed by atoms with E-state index in [0.717, 1.165) is 12.8 Å². The molecule has 0 fully saturated rings. The molecule has 0 aromatic rings. The second kappa shape index (κ2) is 55.9. The van der Waals surface area contributed by atoms with Gasteiger partial charge in [-0.15, -0.1) is 0 Å². The summed E-state index contributed by atoms with van der Waals surface area (Å²) >= 11 is 0. The molecule has 446 valence electrons. The van der Waals surface area contributed by atoms with Crippen molar-refractivity contribution in [2.45, 2.75) is 116 Å². The van der Waals surface area contributed by atoms with Gasteiger partial charge in [-0.2, -0.15) is 0 Å². The molecule has 0 bridgehead atoms. The quantitative estimate of drug-likeness (QED) is 0.0196. The molecule has 0 radical (unpaired) electrons. The van der Waals surface area contributed by atoms with Crippen LogP contribution in [0.1, 0.15) is 104 Å². The SMILES string of the molecule is CCCOCCOCCC(=O)NCCCC[C@H](NC(=O)[C@H](CCCCNC(=O)CCOCCOCCN=[N+]=[N-])NC(=O)CCCNC(=O)CCOCCOCCC)C(=O)NCCOCCOCCOCCOCCC(=O)O. The standard InChI is InChI=1S/C50H93N9O18/c1-3-22-68-30-32-70-24-13-44(60)52-17-7-5-10-42(49(66)55-20-28-74-37-39-77-41-40-76-38-35-73-27-16-48(64)65)58-50(67)43(11-6-8-18-53-45(61)14-25-72-34-36-75-29-21-56-59-51)57-47(63)12-9-19-54-46(62)15-26-71-33-31-69-23-4-2/h42-43H,3-41H2,1-2H3,(H,52,60)(H,53,61)(H,54,62)(H,55,66)(H,57,63)(H,58,67)(H,64,65)/t42-,43-/m0/s1. The highest BCUT2D eigenvalue weighted by molar-refractivity contribution is 5.92. The topological polar surface area (TPSA) is 353 Å². The van der Waals surface area contributed by atoms with Gasteiger partial charge in [-0.25, -0.2) is 0 Å². The van der Waals surface area contributed by atoms with Crippen LogP contribution < -0.4 is 31.9 Å². The van der Waals surface area contributed by atoms with Crippen LogP contribution in [0.3, 0.4) is 0 Å². The first-order valence-corrected chi connectivity index (χ1v) is 27.2. The fraction of sp³-hybridized carbons (Fsp3) is 0.860. The summed E-state index contributed by atoms with van der Waals surface area (Å²) < 4.78 is 54.0. The number of unbranched alkanes of at least 4 members (excludes halogenated alkanes) is 2. The lowest BCUT2D eigenvalue weighted by molar-refractivity contribution is -0.138. The summed E-state index contributed by atoms with van der Waals surface area (Å²) in [5.74, 6) is -3.03. The first-order chi connectivity index (χ1) is 37.5. The number of aliphatic carboxylic acids is 1. The van der Waals surface area contributed by atoms with Gasteiger partial charge in [-0.3, -0.25) is 33.6 Å². The van der Waals surface area contributed by atoms with E-state index in [1.54, 1.807) is 0 Å². The molecule has 6 amide bonds. The number of carboxylic acid groups (broad SMARTS) is 1. The zero-order chi connectivity index (χ0) is 56.5. The number of amides is 6. The van der Waals surface area contributed by atoms with E-state index in [-0.39, 0.29) is 148 Å². The van der Waals surface area contributed by atoms with E-state index >= 15 is 0 Å². The van der Waals surface area contributed by atoms with Crippen molar-refractivity contribution < 1.29 is 86.0 Å². The summed E-state index contributed by atoms with van der Waals surface area (Å²) in [5, 5.41) is 28.9. The molecule has 2 atom stereocenters. The third-order valence-corrected chi connectivity index (χ3v) is 10.4. The van der Waals surface area contributed by atoms with Crippen molar-refractivity contribution in [3.8, 4) is 0 Å². The van der Waals surface area contributed by atoms with Gasteiger partial charge in [0.15, 0.2) is 0 Å². The number of carboxylic acids is 1. The Labute approximate surface area is 454 Å². The molecule has 27 nitrogen and oxygen atoms in total. The van der Waals surface area contributed by atoms with E-state index in [1.165, 1.54) is 0 Å². The number of nitrogens with one attached hydrogen (secondary N) is 6. The monoisotopic (exact) mass is 1110 g/mol. The Morgan fingerprint density at radius 3 is 1.21 bits per heavy atom. The number of hydrogen-bond acceptors (Lipinski definition) is 18. The van der Waals surface area contributed by atoms with Gasteiger partial charge in [0.25, 0.3) is 0 Å². The smallest absolute Gasteiger partial charge is 0.305 e. The van der Waals surface area contributed by atoms with Gasteiger partial charge in [-0.05, 0) is 63.3 Å².